The van der Waals surface area contributed by atoms with Crippen LogP contribution in [0, 0.1) is 0 Å². The molecule has 0 unspecified atom stereocenters. The molecule has 0 aliphatic carbocycles. The molecule has 0 radical (unpaired) electrons. The molecule has 0 aromatic heterocycles. The van der Waals surface area contributed by atoms with Crippen LogP contribution in [0.3, 0.4) is 0 Å². The van der Waals surface area contributed by atoms with Crippen molar-refractivity contribution in [2.75, 3.05) is 5.73 Å². The predicted molar refractivity (Wildman–Crippen MR) is 65.6 cm³/mol. The zero-order valence-corrected chi connectivity index (χ0v) is 9.82. The Morgan fingerprint density at radius 3 is 2.43 bits per heavy atom. The maximum Gasteiger partial charge on any atom is 0.0458 e. The Kier molecular flexibility index (Phi) is 3.27. The van der Waals surface area contributed by atoms with Crippen LogP contribution in [0.5, 0.6) is 0 Å². The van der Waals surface area contributed by atoms with Gasteiger partial charge in [0.25, 0.3) is 0 Å². The normalized spacial score (nSPS) is 11.4. The summed E-state index contributed by atoms with van der Waals surface area (Å²) in [6, 6.07) is 6.23. The molecule has 0 aliphatic heterocycles. The Morgan fingerprint density at radius 2 is 2.00 bits per heavy atom. The first kappa shape index (κ1) is 11.2. The fourth-order valence-electron chi connectivity index (χ4n) is 1.21. The van der Waals surface area contributed by atoms with Crippen LogP contribution in [-0.2, 0) is 5.41 Å². The zero-order chi connectivity index (χ0) is 10.8. The monoisotopic (exact) mass is 207 g/mol. The van der Waals surface area contributed by atoms with Crippen LogP contribution in [0.25, 0.3) is 0 Å². The van der Waals surface area contributed by atoms with E-state index >= 15 is 0 Å². The van der Waals surface area contributed by atoms with Crippen molar-refractivity contribution in [3.8, 4) is 0 Å². The van der Waals surface area contributed by atoms with E-state index in [0.717, 1.165) is 10.6 Å². The van der Waals surface area contributed by atoms with Gasteiger partial charge in [0.05, 0.1) is 0 Å². The Balaban J connectivity index is 3.06. The van der Waals surface area contributed by atoms with Crippen molar-refractivity contribution in [3.05, 3.63) is 35.7 Å². The number of nitrogen functional groups attached to an aromatic ring is 1. The number of hydrogen-bond donors (Lipinski definition) is 1. The van der Waals surface area contributed by atoms with Crippen molar-refractivity contribution in [2.45, 2.75) is 31.1 Å². The number of thioether (sulfide) groups is 1. The van der Waals surface area contributed by atoms with Crippen molar-refractivity contribution in [2.24, 2.45) is 0 Å². The van der Waals surface area contributed by atoms with Crippen LogP contribution in [0.2, 0.25) is 0 Å². The molecule has 0 saturated heterocycles. The molecule has 1 aromatic carbocycles. The first-order chi connectivity index (χ1) is 6.45. The van der Waals surface area contributed by atoms with Crippen LogP contribution < -0.4 is 5.73 Å². The van der Waals surface area contributed by atoms with Crippen molar-refractivity contribution in [1.29, 1.82) is 0 Å². The SMILES string of the molecule is C=CSc1ccc(C(C)(C)C)cc1N. The summed E-state index contributed by atoms with van der Waals surface area (Å²) in [5.74, 6) is 0. The first-order valence-electron chi connectivity index (χ1n) is 4.62. The second-order valence-corrected chi connectivity index (χ2v) is 5.30. The minimum absolute atomic E-state index is 0.158. The highest BCUT2D eigenvalue weighted by Crippen LogP contribution is 2.30. The molecule has 2 N–H and O–H groups in total. The van der Waals surface area contributed by atoms with Gasteiger partial charge in [-0.15, -0.1) is 0 Å². The van der Waals surface area contributed by atoms with Crippen molar-refractivity contribution < 1.29 is 0 Å². The fraction of sp³-hybridized carbons (Fsp3) is 0.333. The third-order valence-corrected chi connectivity index (χ3v) is 2.88. The Bertz CT molecular complexity index is 337. The Hall–Kier alpha value is -0.890. The van der Waals surface area contributed by atoms with Gasteiger partial charge in [-0.2, -0.15) is 0 Å². The van der Waals surface area contributed by atoms with Gasteiger partial charge in [-0.3, -0.25) is 0 Å². The van der Waals surface area contributed by atoms with E-state index in [4.69, 9.17) is 5.73 Å². The number of nitrogens with two attached hydrogens (primary N) is 1. The predicted octanol–water partition coefficient (Wildman–Crippen LogP) is 3.80. The first-order valence-corrected chi connectivity index (χ1v) is 5.50. The number of benzene rings is 1. The molecule has 0 saturated carbocycles. The lowest BCUT2D eigenvalue weighted by Gasteiger charge is -2.20. The van der Waals surface area contributed by atoms with Crippen LogP contribution in [-0.4, -0.2) is 0 Å². The van der Waals surface area contributed by atoms with Gasteiger partial charge in [-0.1, -0.05) is 45.2 Å². The third-order valence-electron chi connectivity index (χ3n) is 2.09. The molecule has 14 heavy (non-hydrogen) atoms. The maximum atomic E-state index is 5.94. The Morgan fingerprint density at radius 1 is 1.36 bits per heavy atom. The minimum atomic E-state index is 0.158. The van der Waals surface area contributed by atoms with Crippen LogP contribution in [0.4, 0.5) is 5.69 Å². The van der Waals surface area contributed by atoms with Gasteiger partial charge in [-0.25, -0.2) is 0 Å². The van der Waals surface area contributed by atoms with E-state index in [1.165, 1.54) is 5.56 Å². The van der Waals surface area contributed by atoms with Crippen LogP contribution >= 0.6 is 11.8 Å². The molecule has 1 nitrogen and oxygen atoms in total. The summed E-state index contributed by atoms with van der Waals surface area (Å²) >= 11 is 1.56. The molecule has 2 heteroatoms. The summed E-state index contributed by atoms with van der Waals surface area (Å²) in [6.07, 6.45) is 0. The molecule has 76 valence electrons. The number of hydrogen-bond acceptors (Lipinski definition) is 2. The maximum absolute atomic E-state index is 5.94. The van der Waals surface area contributed by atoms with E-state index < -0.39 is 0 Å². The highest BCUT2D eigenvalue weighted by Gasteiger charge is 2.14. The molecular weight excluding hydrogens is 190 g/mol. The van der Waals surface area contributed by atoms with E-state index in [1.54, 1.807) is 17.2 Å². The largest absolute Gasteiger partial charge is 0.398 e. The second-order valence-electron chi connectivity index (χ2n) is 4.29. The van der Waals surface area contributed by atoms with Gasteiger partial charge in [0.15, 0.2) is 0 Å². The highest BCUT2D eigenvalue weighted by atomic mass is 32.2. The molecule has 0 atom stereocenters. The molecule has 0 heterocycles. The van der Waals surface area contributed by atoms with E-state index in [0.29, 0.717) is 0 Å². The molecule has 1 aromatic rings. The minimum Gasteiger partial charge on any atom is -0.398 e. The second kappa shape index (κ2) is 4.09. The van der Waals surface area contributed by atoms with Crippen LogP contribution in [0.1, 0.15) is 26.3 Å². The molecule has 0 aliphatic rings. The average molecular weight is 207 g/mol. The van der Waals surface area contributed by atoms with Gasteiger partial charge in [0.1, 0.15) is 0 Å². The summed E-state index contributed by atoms with van der Waals surface area (Å²) in [4.78, 5) is 1.08. The van der Waals surface area contributed by atoms with Gasteiger partial charge in [0, 0.05) is 10.6 Å². The molecule has 0 amide bonds. The summed E-state index contributed by atoms with van der Waals surface area (Å²) in [6.45, 7) is 10.2. The van der Waals surface area contributed by atoms with Crippen molar-refractivity contribution >= 4 is 17.4 Å². The van der Waals surface area contributed by atoms with E-state index in [-0.39, 0.29) is 5.41 Å². The quantitative estimate of drug-likeness (QED) is 0.589. The molecule has 0 bridgehead atoms. The lowest BCUT2D eigenvalue weighted by Crippen LogP contribution is -2.11. The Labute approximate surface area is 90.4 Å². The standard InChI is InChI=1S/C12H17NS/c1-5-14-11-7-6-9(8-10(11)13)12(2,3)4/h5-8H,1,13H2,2-4H3. The van der Waals surface area contributed by atoms with Crippen LogP contribution in [0.15, 0.2) is 35.1 Å². The van der Waals surface area contributed by atoms with E-state index in [1.807, 2.05) is 6.07 Å². The fourth-order valence-corrected chi connectivity index (χ4v) is 1.73. The highest BCUT2D eigenvalue weighted by molar-refractivity contribution is 8.02. The summed E-state index contributed by atoms with van der Waals surface area (Å²) in [5.41, 5.74) is 8.20. The van der Waals surface area contributed by atoms with E-state index in [2.05, 4.69) is 39.5 Å². The lowest BCUT2D eigenvalue weighted by molar-refractivity contribution is 0.590. The third kappa shape index (κ3) is 2.55. The van der Waals surface area contributed by atoms with Gasteiger partial charge in [0.2, 0.25) is 0 Å². The van der Waals surface area contributed by atoms with Gasteiger partial charge < -0.3 is 5.73 Å². The summed E-state index contributed by atoms with van der Waals surface area (Å²) < 4.78 is 0. The zero-order valence-electron chi connectivity index (χ0n) is 9.00. The molecular formula is C12H17NS. The molecule has 1 rings (SSSR count). The number of anilines is 1. The summed E-state index contributed by atoms with van der Waals surface area (Å²) in [5, 5.41) is 1.79. The summed E-state index contributed by atoms with van der Waals surface area (Å²) in [7, 11) is 0. The van der Waals surface area contributed by atoms with Crippen molar-refractivity contribution in [3.63, 3.8) is 0 Å². The topological polar surface area (TPSA) is 26.0 Å². The molecule has 0 spiro atoms. The molecule has 0 fully saturated rings. The van der Waals surface area contributed by atoms with Gasteiger partial charge >= 0.3 is 0 Å². The lowest BCUT2D eigenvalue weighted by atomic mass is 9.87. The number of rotatable bonds is 2. The smallest absolute Gasteiger partial charge is 0.0458 e. The van der Waals surface area contributed by atoms with E-state index in [9.17, 15) is 0 Å². The average Bonchev–Trinajstić information content (AvgIpc) is 2.07. The van der Waals surface area contributed by atoms with Gasteiger partial charge in [-0.05, 0) is 28.5 Å². The van der Waals surface area contributed by atoms with Crippen molar-refractivity contribution in [1.82, 2.24) is 0 Å².